The summed E-state index contributed by atoms with van der Waals surface area (Å²) in [6.07, 6.45) is 1.53. The van der Waals surface area contributed by atoms with Crippen LogP contribution >= 0.6 is 11.6 Å². The van der Waals surface area contributed by atoms with Crippen LogP contribution in [0.25, 0.3) is 22.2 Å². The van der Waals surface area contributed by atoms with E-state index in [1.807, 2.05) is 6.92 Å². The number of pyridine rings is 1. The van der Waals surface area contributed by atoms with Crippen molar-refractivity contribution >= 4 is 46.0 Å². The number of nitrogen functional groups attached to an aromatic ring is 1. The number of nitrogens with zero attached hydrogens (tertiary/aromatic N) is 3. The predicted octanol–water partition coefficient (Wildman–Crippen LogP) is 4.81. The van der Waals surface area contributed by atoms with Gasteiger partial charge in [-0.05, 0) is 61.4 Å². The van der Waals surface area contributed by atoms with Crippen molar-refractivity contribution in [1.29, 1.82) is 0 Å². The van der Waals surface area contributed by atoms with E-state index < -0.39 is 11.8 Å². The van der Waals surface area contributed by atoms with Crippen LogP contribution in [0, 0.1) is 12.7 Å². The van der Waals surface area contributed by atoms with Gasteiger partial charge in [-0.1, -0.05) is 17.7 Å². The van der Waals surface area contributed by atoms with Crippen LogP contribution in [0.15, 0.2) is 53.5 Å². The van der Waals surface area contributed by atoms with E-state index in [0.717, 1.165) is 5.56 Å². The molecule has 2 amide bonds. The third-order valence-corrected chi connectivity index (χ3v) is 5.36. The van der Waals surface area contributed by atoms with Crippen LogP contribution in [0.5, 0.6) is 0 Å². The van der Waals surface area contributed by atoms with E-state index in [4.69, 9.17) is 17.3 Å². The number of anilines is 3. The van der Waals surface area contributed by atoms with Gasteiger partial charge in [0.2, 0.25) is 5.95 Å². The molecule has 0 atom stereocenters. The second-order valence-electron chi connectivity index (χ2n) is 7.35. The number of fused-ring (bicyclic) bond motifs is 1. The Bertz CT molecular complexity index is 1450. The highest BCUT2D eigenvalue weighted by Crippen LogP contribution is 2.26. The average Bonchev–Trinajstić information content (AvgIpc) is 2.77. The van der Waals surface area contributed by atoms with Crippen LogP contribution in [0.4, 0.5) is 26.5 Å². The Hall–Kier alpha value is -3.98. The number of hydrogen-bond donors (Lipinski definition) is 3. The van der Waals surface area contributed by atoms with Crippen molar-refractivity contribution in [3.63, 3.8) is 0 Å². The molecule has 0 aliphatic rings. The summed E-state index contributed by atoms with van der Waals surface area (Å²) in [6.45, 7) is 3.96. The van der Waals surface area contributed by atoms with Crippen molar-refractivity contribution in [1.82, 2.24) is 14.5 Å². The number of benzene rings is 2. The molecule has 0 radical (unpaired) electrons. The third-order valence-electron chi connectivity index (χ3n) is 5.12. The van der Waals surface area contributed by atoms with E-state index in [0.29, 0.717) is 39.4 Å². The first-order valence-corrected chi connectivity index (χ1v) is 10.4. The Balaban J connectivity index is 1.69. The molecule has 0 aliphatic carbocycles. The zero-order valence-electron chi connectivity index (χ0n) is 17.8. The number of carbonyl (C=O) groups is 1. The fourth-order valence-corrected chi connectivity index (χ4v) is 3.73. The smallest absolute Gasteiger partial charge is 0.323 e. The lowest BCUT2D eigenvalue weighted by atomic mass is 10.0. The lowest BCUT2D eigenvalue weighted by Gasteiger charge is -2.13. The Morgan fingerprint density at radius 1 is 1.15 bits per heavy atom. The van der Waals surface area contributed by atoms with Gasteiger partial charge in [-0.25, -0.2) is 14.2 Å². The Kier molecular flexibility index (Phi) is 5.97. The van der Waals surface area contributed by atoms with Crippen LogP contribution in [-0.4, -0.2) is 20.6 Å². The minimum Gasteiger partial charge on any atom is -0.368 e. The van der Waals surface area contributed by atoms with Gasteiger partial charge >= 0.3 is 6.03 Å². The maximum absolute atomic E-state index is 14.5. The normalized spacial score (nSPS) is 10.9. The zero-order chi connectivity index (χ0) is 23.7. The number of amides is 2. The first-order valence-electron chi connectivity index (χ1n) is 10.1. The van der Waals surface area contributed by atoms with E-state index in [1.54, 1.807) is 31.2 Å². The SMILES string of the molecule is CCn1c(=O)c(-c2ccc(F)c(NC(=O)Nc3ccc(Cl)cc3C)c2)cc2cnc(N)nc21. The van der Waals surface area contributed by atoms with Gasteiger partial charge in [0.1, 0.15) is 11.5 Å². The molecule has 4 aromatic rings. The molecule has 0 unspecified atom stereocenters. The van der Waals surface area contributed by atoms with Gasteiger partial charge in [0.05, 0.1) is 5.69 Å². The molecule has 0 fully saturated rings. The van der Waals surface area contributed by atoms with Gasteiger partial charge < -0.3 is 16.4 Å². The largest absolute Gasteiger partial charge is 0.368 e. The van der Waals surface area contributed by atoms with Crippen LogP contribution in [0.1, 0.15) is 12.5 Å². The molecule has 0 spiro atoms. The van der Waals surface area contributed by atoms with E-state index in [2.05, 4.69) is 20.6 Å². The number of carbonyl (C=O) groups excluding carboxylic acids is 1. The molecule has 0 saturated heterocycles. The Morgan fingerprint density at radius 2 is 1.91 bits per heavy atom. The minimum absolute atomic E-state index is 0.0621. The summed E-state index contributed by atoms with van der Waals surface area (Å²) in [4.78, 5) is 33.7. The summed E-state index contributed by atoms with van der Waals surface area (Å²) < 4.78 is 16.0. The van der Waals surface area contributed by atoms with Gasteiger partial charge in [0, 0.05) is 34.4 Å². The maximum Gasteiger partial charge on any atom is 0.323 e. The first kappa shape index (κ1) is 22.2. The summed E-state index contributed by atoms with van der Waals surface area (Å²) in [5, 5.41) is 6.30. The highest BCUT2D eigenvalue weighted by molar-refractivity contribution is 6.30. The summed E-state index contributed by atoms with van der Waals surface area (Å²) in [6, 6.07) is 10.1. The summed E-state index contributed by atoms with van der Waals surface area (Å²) >= 11 is 5.94. The minimum atomic E-state index is -0.644. The molecule has 168 valence electrons. The van der Waals surface area contributed by atoms with Gasteiger partial charge in [0.15, 0.2) is 0 Å². The Labute approximate surface area is 193 Å². The molecule has 4 rings (SSSR count). The fourth-order valence-electron chi connectivity index (χ4n) is 3.50. The monoisotopic (exact) mass is 466 g/mol. The Morgan fingerprint density at radius 3 is 2.64 bits per heavy atom. The van der Waals surface area contributed by atoms with Gasteiger partial charge in [-0.2, -0.15) is 4.98 Å². The molecule has 0 saturated carbocycles. The van der Waals surface area contributed by atoms with Crippen LogP contribution in [-0.2, 0) is 6.54 Å². The third kappa shape index (κ3) is 4.49. The summed E-state index contributed by atoms with van der Waals surface area (Å²) in [5.74, 6) is -0.582. The second-order valence-corrected chi connectivity index (χ2v) is 7.78. The molecular weight excluding hydrogens is 447 g/mol. The number of halogens is 2. The van der Waals surface area contributed by atoms with E-state index >= 15 is 0 Å². The van der Waals surface area contributed by atoms with Crippen molar-refractivity contribution in [2.45, 2.75) is 20.4 Å². The summed E-state index contributed by atoms with van der Waals surface area (Å²) in [7, 11) is 0. The first-order chi connectivity index (χ1) is 15.8. The van der Waals surface area contributed by atoms with Crippen molar-refractivity contribution in [3.05, 3.63) is 75.4 Å². The number of aryl methyl sites for hydroxylation is 2. The van der Waals surface area contributed by atoms with E-state index in [-0.39, 0.29) is 17.2 Å². The number of hydrogen-bond acceptors (Lipinski definition) is 5. The van der Waals surface area contributed by atoms with Gasteiger partial charge in [-0.3, -0.25) is 9.36 Å². The molecular formula is C23H20ClFN6O2. The highest BCUT2D eigenvalue weighted by Gasteiger charge is 2.15. The number of rotatable bonds is 4. The standard InChI is InChI=1S/C23H20ClFN6O2/c1-3-31-20-14(11-27-22(26)30-20)9-16(21(31)32)13-4-6-17(25)19(10-13)29-23(33)28-18-7-5-15(24)8-12(18)2/h4-11H,3H2,1-2H3,(H2,26,27,30)(H2,28,29,33). The van der Waals surface area contributed by atoms with Crippen LogP contribution in [0.3, 0.4) is 0 Å². The highest BCUT2D eigenvalue weighted by atomic mass is 35.5. The molecule has 2 aromatic heterocycles. The number of nitrogens with two attached hydrogens (primary N) is 1. The predicted molar refractivity (Wildman–Crippen MR) is 128 cm³/mol. The van der Waals surface area contributed by atoms with Crippen molar-refractivity contribution in [2.24, 2.45) is 0 Å². The lowest BCUT2D eigenvalue weighted by molar-refractivity contribution is 0.262. The lowest BCUT2D eigenvalue weighted by Crippen LogP contribution is -2.23. The van der Waals surface area contributed by atoms with Crippen LogP contribution in [0.2, 0.25) is 5.02 Å². The van der Waals surface area contributed by atoms with Crippen LogP contribution < -0.4 is 21.9 Å². The number of urea groups is 1. The fraction of sp³-hybridized carbons (Fsp3) is 0.130. The van der Waals surface area contributed by atoms with Crippen molar-refractivity contribution in [2.75, 3.05) is 16.4 Å². The molecule has 2 aromatic carbocycles. The quantitative estimate of drug-likeness (QED) is 0.399. The maximum atomic E-state index is 14.5. The second kappa shape index (κ2) is 8.87. The molecule has 10 heteroatoms. The van der Waals surface area contributed by atoms with Crippen molar-refractivity contribution in [3.8, 4) is 11.1 Å². The molecule has 8 nitrogen and oxygen atoms in total. The topological polar surface area (TPSA) is 115 Å². The van der Waals surface area contributed by atoms with Gasteiger partial charge in [-0.15, -0.1) is 0 Å². The molecule has 2 heterocycles. The van der Waals surface area contributed by atoms with E-state index in [1.165, 1.54) is 29.0 Å². The van der Waals surface area contributed by atoms with Gasteiger partial charge in [0.25, 0.3) is 5.56 Å². The molecule has 0 bridgehead atoms. The summed E-state index contributed by atoms with van der Waals surface area (Å²) in [5.41, 5.74) is 7.73. The molecule has 33 heavy (non-hydrogen) atoms. The zero-order valence-corrected chi connectivity index (χ0v) is 18.6. The number of aromatic nitrogens is 3. The number of nitrogens with one attached hydrogen (secondary N) is 2. The van der Waals surface area contributed by atoms with E-state index in [9.17, 15) is 14.0 Å². The average molecular weight is 467 g/mol. The molecule has 0 aliphatic heterocycles. The van der Waals surface area contributed by atoms with Crippen molar-refractivity contribution < 1.29 is 9.18 Å². The molecule has 4 N–H and O–H groups in total.